The van der Waals surface area contributed by atoms with Crippen molar-refractivity contribution in [2.45, 2.75) is 31.9 Å². The molecule has 1 atom stereocenters. The SMILES string of the molecule is CNCc1cc(Cl)cc(OC)c1OC1C=CCCC1. The minimum Gasteiger partial charge on any atom is -0.493 e. The van der Waals surface area contributed by atoms with Gasteiger partial charge in [0.05, 0.1) is 7.11 Å². The molecule has 0 heterocycles. The highest BCUT2D eigenvalue weighted by Gasteiger charge is 2.17. The molecule has 2 rings (SSSR count). The highest BCUT2D eigenvalue weighted by molar-refractivity contribution is 6.30. The Morgan fingerprint density at radius 3 is 2.89 bits per heavy atom. The zero-order valence-corrected chi connectivity index (χ0v) is 12.2. The third kappa shape index (κ3) is 3.64. The summed E-state index contributed by atoms with van der Waals surface area (Å²) in [5, 5.41) is 3.79. The number of allylic oxidation sites excluding steroid dienone is 1. The summed E-state index contributed by atoms with van der Waals surface area (Å²) < 4.78 is 11.5. The molecule has 3 nitrogen and oxygen atoms in total. The van der Waals surface area contributed by atoms with Crippen molar-refractivity contribution in [3.05, 3.63) is 34.9 Å². The van der Waals surface area contributed by atoms with Crippen LogP contribution in [0.3, 0.4) is 0 Å². The van der Waals surface area contributed by atoms with E-state index in [1.54, 1.807) is 13.2 Å². The highest BCUT2D eigenvalue weighted by Crippen LogP contribution is 2.36. The molecule has 0 saturated carbocycles. The molecule has 1 N–H and O–H groups in total. The summed E-state index contributed by atoms with van der Waals surface area (Å²) in [6, 6.07) is 3.71. The van der Waals surface area contributed by atoms with E-state index in [4.69, 9.17) is 21.1 Å². The van der Waals surface area contributed by atoms with E-state index >= 15 is 0 Å². The second kappa shape index (κ2) is 6.83. The van der Waals surface area contributed by atoms with Crippen molar-refractivity contribution in [3.8, 4) is 11.5 Å². The predicted octanol–water partition coefficient (Wildman–Crippen LogP) is 3.56. The summed E-state index contributed by atoms with van der Waals surface area (Å²) in [6.45, 7) is 0.697. The zero-order valence-electron chi connectivity index (χ0n) is 11.4. The number of nitrogens with one attached hydrogen (secondary N) is 1. The molecule has 1 aromatic rings. The van der Waals surface area contributed by atoms with Gasteiger partial charge in [0.25, 0.3) is 0 Å². The number of hydrogen-bond acceptors (Lipinski definition) is 3. The summed E-state index contributed by atoms with van der Waals surface area (Å²) in [4.78, 5) is 0. The lowest BCUT2D eigenvalue weighted by atomic mass is 10.1. The molecule has 0 bridgehead atoms. The van der Waals surface area contributed by atoms with Crippen molar-refractivity contribution in [2.75, 3.05) is 14.2 Å². The fourth-order valence-corrected chi connectivity index (χ4v) is 2.49. The normalized spacial score (nSPS) is 18.4. The summed E-state index contributed by atoms with van der Waals surface area (Å²) in [7, 11) is 3.54. The molecule has 1 aromatic carbocycles. The first-order chi connectivity index (χ1) is 9.24. The van der Waals surface area contributed by atoms with Crippen LogP contribution in [0.15, 0.2) is 24.3 Å². The van der Waals surface area contributed by atoms with Gasteiger partial charge in [0.15, 0.2) is 11.5 Å². The van der Waals surface area contributed by atoms with Crippen LogP contribution >= 0.6 is 11.6 Å². The Kier molecular flexibility index (Phi) is 5.11. The number of methoxy groups -OCH3 is 1. The molecule has 0 aromatic heterocycles. The van der Waals surface area contributed by atoms with E-state index in [9.17, 15) is 0 Å². The molecule has 0 spiro atoms. The van der Waals surface area contributed by atoms with Crippen LogP contribution in [-0.2, 0) is 6.54 Å². The second-order valence-electron chi connectivity index (χ2n) is 4.64. The second-order valence-corrected chi connectivity index (χ2v) is 5.08. The van der Waals surface area contributed by atoms with Crippen LogP contribution in [0.5, 0.6) is 11.5 Å². The Hall–Kier alpha value is -1.19. The monoisotopic (exact) mass is 281 g/mol. The number of hydrogen-bond donors (Lipinski definition) is 1. The smallest absolute Gasteiger partial charge is 0.166 e. The lowest BCUT2D eigenvalue weighted by Crippen LogP contribution is -2.18. The molecule has 104 valence electrons. The molecular weight excluding hydrogens is 262 g/mol. The van der Waals surface area contributed by atoms with E-state index in [0.29, 0.717) is 17.3 Å². The molecule has 0 amide bonds. The summed E-state index contributed by atoms with van der Waals surface area (Å²) in [5.41, 5.74) is 1.02. The zero-order chi connectivity index (χ0) is 13.7. The van der Waals surface area contributed by atoms with Gasteiger partial charge >= 0.3 is 0 Å². The number of benzene rings is 1. The van der Waals surface area contributed by atoms with Crippen LogP contribution in [-0.4, -0.2) is 20.3 Å². The van der Waals surface area contributed by atoms with Gasteiger partial charge in [-0.2, -0.15) is 0 Å². The lowest BCUT2D eigenvalue weighted by molar-refractivity contribution is 0.217. The molecule has 0 radical (unpaired) electrons. The summed E-state index contributed by atoms with van der Waals surface area (Å²) >= 11 is 6.10. The predicted molar refractivity (Wildman–Crippen MR) is 78.2 cm³/mol. The number of halogens is 1. The first-order valence-corrected chi connectivity index (χ1v) is 6.96. The lowest BCUT2D eigenvalue weighted by Gasteiger charge is -2.22. The fraction of sp³-hybridized carbons (Fsp3) is 0.467. The van der Waals surface area contributed by atoms with E-state index in [1.165, 1.54) is 6.42 Å². The van der Waals surface area contributed by atoms with Crippen LogP contribution in [0.1, 0.15) is 24.8 Å². The Bertz CT molecular complexity index is 460. The molecular formula is C15H20ClNO2. The van der Waals surface area contributed by atoms with Crippen molar-refractivity contribution < 1.29 is 9.47 Å². The van der Waals surface area contributed by atoms with Gasteiger partial charge in [0, 0.05) is 23.2 Å². The molecule has 4 heteroatoms. The van der Waals surface area contributed by atoms with Crippen molar-refractivity contribution in [1.29, 1.82) is 0 Å². The minimum absolute atomic E-state index is 0.124. The van der Waals surface area contributed by atoms with E-state index in [1.807, 2.05) is 13.1 Å². The average Bonchev–Trinajstić information content (AvgIpc) is 2.43. The van der Waals surface area contributed by atoms with Gasteiger partial charge < -0.3 is 14.8 Å². The standard InChI is InChI=1S/C15H20ClNO2/c1-17-10-11-8-12(16)9-14(18-2)15(11)19-13-6-4-3-5-7-13/h4,6,8-9,13,17H,3,5,7,10H2,1-2H3. The van der Waals surface area contributed by atoms with E-state index in [-0.39, 0.29) is 6.10 Å². The maximum absolute atomic E-state index is 6.11. The van der Waals surface area contributed by atoms with Gasteiger partial charge in [-0.15, -0.1) is 0 Å². The first kappa shape index (κ1) is 14.2. The van der Waals surface area contributed by atoms with Crippen LogP contribution in [0.25, 0.3) is 0 Å². The van der Waals surface area contributed by atoms with Crippen LogP contribution < -0.4 is 14.8 Å². The van der Waals surface area contributed by atoms with E-state index in [2.05, 4.69) is 17.5 Å². The van der Waals surface area contributed by atoms with Crippen molar-refractivity contribution >= 4 is 11.6 Å². The van der Waals surface area contributed by atoms with Crippen LogP contribution in [0, 0.1) is 0 Å². The third-order valence-corrected chi connectivity index (χ3v) is 3.38. The average molecular weight is 282 g/mol. The Morgan fingerprint density at radius 1 is 1.42 bits per heavy atom. The van der Waals surface area contributed by atoms with E-state index < -0.39 is 0 Å². The molecule has 1 aliphatic rings. The molecule has 0 fully saturated rings. The summed E-state index contributed by atoms with van der Waals surface area (Å²) in [6.07, 6.45) is 7.77. The molecule has 1 aliphatic carbocycles. The topological polar surface area (TPSA) is 30.5 Å². The van der Waals surface area contributed by atoms with Crippen LogP contribution in [0.4, 0.5) is 0 Å². The largest absolute Gasteiger partial charge is 0.493 e. The first-order valence-electron chi connectivity index (χ1n) is 6.59. The van der Waals surface area contributed by atoms with Crippen LogP contribution in [0.2, 0.25) is 5.02 Å². The highest BCUT2D eigenvalue weighted by atomic mass is 35.5. The number of rotatable bonds is 5. The molecule has 1 unspecified atom stereocenters. The third-order valence-electron chi connectivity index (χ3n) is 3.16. The minimum atomic E-state index is 0.124. The Labute approximate surface area is 119 Å². The molecule has 0 saturated heterocycles. The van der Waals surface area contributed by atoms with E-state index in [0.717, 1.165) is 24.2 Å². The van der Waals surface area contributed by atoms with Crippen molar-refractivity contribution in [3.63, 3.8) is 0 Å². The maximum Gasteiger partial charge on any atom is 0.166 e. The number of ether oxygens (including phenoxy) is 2. The summed E-state index contributed by atoms with van der Waals surface area (Å²) in [5.74, 6) is 1.48. The van der Waals surface area contributed by atoms with Crippen molar-refractivity contribution in [2.24, 2.45) is 0 Å². The van der Waals surface area contributed by atoms with Gasteiger partial charge in [0.1, 0.15) is 6.10 Å². The van der Waals surface area contributed by atoms with Gasteiger partial charge in [-0.25, -0.2) is 0 Å². The quantitative estimate of drug-likeness (QED) is 0.837. The van der Waals surface area contributed by atoms with Gasteiger partial charge in [0.2, 0.25) is 0 Å². The fourth-order valence-electron chi connectivity index (χ4n) is 2.26. The van der Waals surface area contributed by atoms with Gasteiger partial charge in [-0.3, -0.25) is 0 Å². The van der Waals surface area contributed by atoms with Gasteiger partial charge in [-0.05, 0) is 38.5 Å². The maximum atomic E-state index is 6.11. The Balaban J connectivity index is 2.29. The Morgan fingerprint density at radius 2 is 2.26 bits per heavy atom. The molecule has 0 aliphatic heterocycles. The van der Waals surface area contributed by atoms with Gasteiger partial charge in [-0.1, -0.05) is 17.7 Å². The molecule has 19 heavy (non-hydrogen) atoms. The van der Waals surface area contributed by atoms with Crippen molar-refractivity contribution in [1.82, 2.24) is 5.32 Å².